The summed E-state index contributed by atoms with van der Waals surface area (Å²) in [5.74, 6) is 0.821. The summed E-state index contributed by atoms with van der Waals surface area (Å²) in [5, 5.41) is 21.7. The summed E-state index contributed by atoms with van der Waals surface area (Å²) in [6.07, 6.45) is 0. The number of thiophene rings is 1. The fraction of sp³-hybridized carbons (Fsp3) is 0. The molecule has 0 saturated heterocycles. The third-order valence-corrected chi connectivity index (χ3v) is 5.76. The summed E-state index contributed by atoms with van der Waals surface area (Å²) in [6, 6.07) is 26.7. The number of hydrazine groups is 1. The standard InChI is InChI=1S/C21H15N5O2S.BrH/c27-26(28)18-12-10-17(11-13-18)24-22-21(15-6-2-1-3-7-15)23-25(24)20-14-16-8-4-5-9-19(16)29-20;/h1-14H,(H,22,23);1H. The summed E-state index contributed by atoms with van der Waals surface area (Å²) in [5.41, 5.74) is 3.79. The lowest BCUT2D eigenvalue weighted by Crippen LogP contribution is -3.00. The van der Waals surface area contributed by atoms with Gasteiger partial charge in [-0.25, -0.2) is 0 Å². The highest BCUT2D eigenvalue weighted by atomic mass is 79.9. The lowest BCUT2D eigenvalue weighted by atomic mass is 10.2. The number of hydrazone groups is 1. The van der Waals surface area contributed by atoms with Crippen molar-refractivity contribution in [1.29, 1.82) is 0 Å². The van der Waals surface area contributed by atoms with Crippen LogP contribution in [0.5, 0.6) is 0 Å². The van der Waals surface area contributed by atoms with Gasteiger partial charge in [0.1, 0.15) is 0 Å². The molecule has 150 valence electrons. The minimum Gasteiger partial charge on any atom is -1.00 e. The van der Waals surface area contributed by atoms with Gasteiger partial charge < -0.3 is 17.0 Å². The maximum atomic E-state index is 11.0. The van der Waals surface area contributed by atoms with Crippen molar-refractivity contribution in [3.05, 3.63) is 101 Å². The van der Waals surface area contributed by atoms with E-state index >= 15 is 0 Å². The molecule has 0 spiro atoms. The van der Waals surface area contributed by atoms with Crippen molar-refractivity contribution in [2.75, 3.05) is 10.2 Å². The zero-order chi connectivity index (χ0) is 19.8. The number of nitrogens with zero attached hydrogens (tertiary/aromatic N) is 4. The van der Waals surface area contributed by atoms with Gasteiger partial charge in [-0.3, -0.25) is 10.1 Å². The summed E-state index contributed by atoms with van der Waals surface area (Å²) >= 11 is 1.67. The van der Waals surface area contributed by atoms with E-state index in [1.54, 1.807) is 28.6 Å². The van der Waals surface area contributed by atoms with E-state index in [2.05, 4.69) is 18.2 Å². The van der Waals surface area contributed by atoms with Crippen molar-refractivity contribution in [2.24, 2.45) is 5.10 Å². The van der Waals surface area contributed by atoms with E-state index in [-0.39, 0.29) is 22.7 Å². The van der Waals surface area contributed by atoms with Gasteiger partial charge in [0.05, 0.1) is 16.2 Å². The molecular weight excluding hydrogens is 466 g/mol. The topological polar surface area (TPSA) is 78.6 Å². The Bertz CT molecular complexity index is 1190. The van der Waals surface area contributed by atoms with Crippen LogP contribution in [0.1, 0.15) is 5.56 Å². The van der Waals surface area contributed by atoms with Gasteiger partial charge >= 0.3 is 0 Å². The SMILES string of the molecule is O=[N+]([O-])c1ccc(N2N=C(c3ccccc3)[NH2+]N2c2cc3ccccc3s2)cc1.[Br-]. The van der Waals surface area contributed by atoms with Crippen LogP contribution in [0.2, 0.25) is 0 Å². The van der Waals surface area contributed by atoms with Crippen LogP contribution < -0.4 is 32.6 Å². The number of hydrogen-bond donors (Lipinski definition) is 1. The Morgan fingerprint density at radius 3 is 2.33 bits per heavy atom. The first kappa shape index (κ1) is 20.0. The largest absolute Gasteiger partial charge is 1.00 e. The molecule has 0 fully saturated rings. The number of non-ortho nitro benzene ring substituents is 1. The van der Waals surface area contributed by atoms with E-state index in [1.165, 1.54) is 16.8 Å². The molecule has 0 amide bonds. The smallest absolute Gasteiger partial charge is 0.277 e. The van der Waals surface area contributed by atoms with Gasteiger partial charge in [-0.05, 0) is 41.8 Å². The first-order valence-corrected chi connectivity index (χ1v) is 9.82. The monoisotopic (exact) mass is 481 g/mol. The first-order valence-electron chi connectivity index (χ1n) is 9.00. The molecule has 9 heteroatoms. The van der Waals surface area contributed by atoms with E-state index in [0.29, 0.717) is 0 Å². The molecule has 2 N–H and O–H groups in total. The summed E-state index contributed by atoms with van der Waals surface area (Å²) in [7, 11) is 0. The minimum atomic E-state index is -0.400. The molecule has 1 aliphatic rings. The Kier molecular flexibility index (Phi) is 5.49. The van der Waals surface area contributed by atoms with Crippen molar-refractivity contribution in [3.63, 3.8) is 0 Å². The van der Waals surface area contributed by atoms with Crippen LogP contribution in [0.3, 0.4) is 0 Å². The number of amidine groups is 1. The molecule has 0 bridgehead atoms. The van der Waals surface area contributed by atoms with Gasteiger partial charge in [0.25, 0.3) is 11.5 Å². The van der Waals surface area contributed by atoms with Crippen molar-refractivity contribution in [1.82, 2.24) is 0 Å². The van der Waals surface area contributed by atoms with Gasteiger partial charge in [-0.15, -0.1) is 16.5 Å². The van der Waals surface area contributed by atoms with Crippen molar-refractivity contribution < 1.29 is 27.3 Å². The molecule has 2 heterocycles. The maximum Gasteiger partial charge on any atom is 0.277 e. The van der Waals surface area contributed by atoms with Gasteiger partial charge in [-0.2, -0.15) is 5.43 Å². The molecule has 1 aromatic heterocycles. The molecule has 0 saturated carbocycles. The van der Waals surface area contributed by atoms with E-state index in [1.807, 2.05) is 53.0 Å². The number of hydrogen-bond acceptors (Lipinski definition) is 6. The Labute approximate surface area is 186 Å². The predicted molar refractivity (Wildman–Crippen MR) is 115 cm³/mol. The van der Waals surface area contributed by atoms with Crippen LogP contribution in [-0.4, -0.2) is 10.8 Å². The normalized spacial score (nSPS) is 13.3. The average molecular weight is 482 g/mol. The molecule has 30 heavy (non-hydrogen) atoms. The van der Waals surface area contributed by atoms with Gasteiger partial charge in [0.2, 0.25) is 0 Å². The molecule has 0 aliphatic carbocycles. The molecule has 7 nitrogen and oxygen atoms in total. The molecule has 0 atom stereocenters. The van der Waals surface area contributed by atoms with Gasteiger partial charge in [0.15, 0.2) is 5.00 Å². The molecule has 0 radical (unpaired) electrons. The van der Waals surface area contributed by atoms with Gasteiger partial charge in [0, 0.05) is 16.8 Å². The van der Waals surface area contributed by atoms with E-state index in [0.717, 1.165) is 27.5 Å². The average Bonchev–Trinajstić information content (AvgIpc) is 3.39. The Morgan fingerprint density at radius 1 is 0.933 bits per heavy atom. The number of nitro benzene ring substituents is 1. The maximum absolute atomic E-state index is 11.0. The van der Waals surface area contributed by atoms with Crippen molar-refractivity contribution in [2.45, 2.75) is 0 Å². The Balaban J connectivity index is 0.00000218. The Morgan fingerprint density at radius 2 is 1.63 bits per heavy atom. The van der Waals surface area contributed by atoms with Crippen LogP contribution in [0.4, 0.5) is 16.4 Å². The quantitative estimate of drug-likeness (QED) is 0.266. The molecule has 5 rings (SSSR count). The number of anilines is 2. The molecule has 1 aliphatic heterocycles. The highest BCUT2D eigenvalue weighted by molar-refractivity contribution is 7.22. The number of nitrogens with two attached hydrogens (primary N) is 1. The molecule has 4 aromatic rings. The van der Waals surface area contributed by atoms with Crippen LogP contribution in [0.25, 0.3) is 10.1 Å². The lowest BCUT2D eigenvalue weighted by Gasteiger charge is -2.22. The fourth-order valence-corrected chi connectivity index (χ4v) is 4.24. The first-order chi connectivity index (χ1) is 14.2. The second kappa shape index (κ2) is 8.23. The highest BCUT2D eigenvalue weighted by Crippen LogP contribution is 2.34. The molecule has 3 aromatic carbocycles. The number of halogens is 1. The second-order valence-corrected chi connectivity index (χ2v) is 7.57. The van der Waals surface area contributed by atoms with Crippen LogP contribution >= 0.6 is 11.3 Å². The third-order valence-electron chi connectivity index (χ3n) is 4.65. The summed E-state index contributed by atoms with van der Waals surface area (Å²) in [4.78, 5) is 10.6. The number of benzene rings is 3. The van der Waals surface area contributed by atoms with Gasteiger partial charge in [-0.1, -0.05) is 46.6 Å². The van der Waals surface area contributed by atoms with Crippen LogP contribution in [-0.2, 0) is 0 Å². The van der Waals surface area contributed by atoms with Crippen LogP contribution in [0, 0.1) is 10.1 Å². The Hall–Kier alpha value is -3.27. The second-order valence-electron chi connectivity index (χ2n) is 6.51. The number of quaternary nitrogens is 1. The van der Waals surface area contributed by atoms with E-state index in [4.69, 9.17) is 5.10 Å². The summed E-state index contributed by atoms with van der Waals surface area (Å²) < 4.78 is 1.19. The fourth-order valence-electron chi connectivity index (χ4n) is 3.22. The number of fused-ring (bicyclic) bond motifs is 1. The van der Waals surface area contributed by atoms with E-state index in [9.17, 15) is 10.1 Å². The number of rotatable bonds is 4. The summed E-state index contributed by atoms with van der Waals surface area (Å²) in [6.45, 7) is 0. The minimum absolute atomic E-state index is 0. The van der Waals surface area contributed by atoms with Crippen molar-refractivity contribution >= 4 is 43.6 Å². The molecular formula is C21H16BrN5O2S. The van der Waals surface area contributed by atoms with E-state index < -0.39 is 4.92 Å². The zero-order valence-electron chi connectivity index (χ0n) is 15.6. The lowest BCUT2D eigenvalue weighted by molar-refractivity contribution is -0.544. The molecule has 0 unspecified atom stereocenters. The highest BCUT2D eigenvalue weighted by Gasteiger charge is 2.32. The van der Waals surface area contributed by atoms with Crippen molar-refractivity contribution in [3.8, 4) is 0 Å². The third kappa shape index (κ3) is 3.65. The predicted octanol–water partition coefficient (Wildman–Crippen LogP) is 0.895. The zero-order valence-corrected chi connectivity index (χ0v) is 18.0. The van der Waals surface area contributed by atoms with Crippen LogP contribution in [0.15, 0.2) is 90.0 Å². The number of nitro groups is 1.